The van der Waals surface area contributed by atoms with Crippen LogP contribution in [0.3, 0.4) is 0 Å². The Hall–Kier alpha value is -1.36. The SMILES string of the molecule is CC(C)(C)CNc1cc(N2CCCC2CO)ncn1. The third-order valence-electron chi connectivity index (χ3n) is 3.33. The van der Waals surface area contributed by atoms with Crippen LogP contribution in [0.4, 0.5) is 11.6 Å². The molecule has 1 aromatic heterocycles. The predicted octanol–water partition coefficient (Wildman–Crippen LogP) is 1.90. The van der Waals surface area contributed by atoms with Gasteiger partial charge in [0, 0.05) is 19.2 Å². The van der Waals surface area contributed by atoms with Gasteiger partial charge in [-0.1, -0.05) is 20.8 Å². The number of anilines is 2. The third kappa shape index (κ3) is 3.80. The second kappa shape index (κ2) is 5.74. The van der Waals surface area contributed by atoms with Crippen LogP contribution >= 0.6 is 0 Å². The Balaban J connectivity index is 2.06. The van der Waals surface area contributed by atoms with Crippen molar-refractivity contribution in [2.24, 2.45) is 5.41 Å². The molecular formula is C14H24N4O. The molecule has 0 amide bonds. The summed E-state index contributed by atoms with van der Waals surface area (Å²) in [6.07, 6.45) is 3.73. The van der Waals surface area contributed by atoms with Gasteiger partial charge in [0.2, 0.25) is 0 Å². The van der Waals surface area contributed by atoms with E-state index in [4.69, 9.17) is 0 Å². The Bertz CT molecular complexity index is 416. The number of aromatic nitrogens is 2. The fraction of sp³-hybridized carbons (Fsp3) is 0.714. The zero-order valence-corrected chi connectivity index (χ0v) is 12.1. The normalized spacial score (nSPS) is 19.8. The molecule has 5 nitrogen and oxygen atoms in total. The molecule has 1 fully saturated rings. The van der Waals surface area contributed by atoms with E-state index in [1.54, 1.807) is 6.33 Å². The van der Waals surface area contributed by atoms with Crippen LogP contribution in [-0.2, 0) is 0 Å². The molecule has 1 aromatic rings. The summed E-state index contributed by atoms with van der Waals surface area (Å²) in [6, 6.07) is 2.17. The number of rotatable bonds is 4. The van der Waals surface area contributed by atoms with Gasteiger partial charge in [0.25, 0.3) is 0 Å². The Morgan fingerprint density at radius 1 is 1.42 bits per heavy atom. The first-order chi connectivity index (χ1) is 8.99. The van der Waals surface area contributed by atoms with Crippen molar-refractivity contribution >= 4 is 11.6 Å². The molecule has 0 saturated carbocycles. The van der Waals surface area contributed by atoms with Crippen molar-refractivity contribution in [3.63, 3.8) is 0 Å². The molecule has 2 heterocycles. The van der Waals surface area contributed by atoms with Crippen LogP contribution in [0.1, 0.15) is 33.6 Å². The number of hydrogen-bond donors (Lipinski definition) is 2. The highest BCUT2D eigenvalue weighted by atomic mass is 16.3. The smallest absolute Gasteiger partial charge is 0.134 e. The minimum Gasteiger partial charge on any atom is -0.394 e. The van der Waals surface area contributed by atoms with E-state index in [1.807, 2.05) is 6.07 Å². The van der Waals surface area contributed by atoms with Gasteiger partial charge in [-0.2, -0.15) is 0 Å². The van der Waals surface area contributed by atoms with Gasteiger partial charge in [0.15, 0.2) is 0 Å². The summed E-state index contributed by atoms with van der Waals surface area (Å²) in [7, 11) is 0. The molecule has 0 bridgehead atoms. The van der Waals surface area contributed by atoms with E-state index in [9.17, 15) is 5.11 Å². The summed E-state index contributed by atoms with van der Waals surface area (Å²) in [5, 5.41) is 12.7. The Kier molecular flexibility index (Phi) is 4.24. The van der Waals surface area contributed by atoms with E-state index in [0.717, 1.165) is 37.6 Å². The Morgan fingerprint density at radius 3 is 2.89 bits per heavy atom. The third-order valence-corrected chi connectivity index (χ3v) is 3.33. The van der Waals surface area contributed by atoms with Crippen LogP contribution in [0.2, 0.25) is 0 Å². The maximum absolute atomic E-state index is 9.38. The fourth-order valence-corrected chi connectivity index (χ4v) is 2.28. The summed E-state index contributed by atoms with van der Waals surface area (Å²) < 4.78 is 0. The maximum Gasteiger partial charge on any atom is 0.134 e. The summed E-state index contributed by atoms with van der Waals surface area (Å²) in [5.74, 6) is 1.76. The first kappa shape index (κ1) is 14.1. The molecule has 19 heavy (non-hydrogen) atoms. The molecule has 1 saturated heterocycles. The number of nitrogens with zero attached hydrogens (tertiary/aromatic N) is 3. The lowest BCUT2D eigenvalue weighted by molar-refractivity contribution is 0.266. The van der Waals surface area contributed by atoms with Crippen LogP contribution in [0.15, 0.2) is 12.4 Å². The largest absolute Gasteiger partial charge is 0.394 e. The van der Waals surface area contributed by atoms with Crippen LogP contribution in [-0.4, -0.2) is 40.8 Å². The molecule has 2 rings (SSSR count). The highest BCUT2D eigenvalue weighted by Crippen LogP contribution is 2.25. The highest BCUT2D eigenvalue weighted by Gasteiger charge is 2.25. The van der Waals surface area contributed by atoms with Crippen molar-refractivity contribution in [2.75, 3.05) is 29.9 Å². The first-order valence-electron chi connectivity index (χ1n) is 6.93. The van der Waals surface area contributed by atoms with Crippen molar-refractivity contribution in [3.05, 3.63) is 12.4 Å². The van der Waals surface area contributed by atoms with Gasteiger partial charge in [0.05, 0.1) is 12.6 Å². The molecule has 1 unspecified atom stereocenters. The topological polar surface area (TPSA) is 61.3 Å². The van der Waals surface area contributed by atoms with E-state index in [2.05, 4.69) is 41.0 Å². The average molecular weight is 264 g/mol. The van der Waals surface area contributed by atoms with Gasteiger partial charge in [0.1, 0.15) is 18.0 Å². The van der Waals surface area contributed by atoms with Crippen LogP contribution in [0.25, 0.3) is 0 Å². The second-order valence-corrected chi connectivity index (χ2v) is 6.35. The van der Waals surface area contributed by atoms with E-state index in [1.165, 1.54) is 0 Å². The van der Waals surface area contributed by atoms with Gasteiger partial charge in [-0.25, -0.2) is 9.97 Å². The lowest BCUT2D eigenvalue weighted by atomic mass is 9.97. The molecule has 5 heteroatoms. The molecule has 0 radical (unpaired) electrons. The summed E-state index contributed by atoms with van der Waals surface area (Å²) >= 11 is 0. The molecular weight excluding hydrogens is 240 g/mol. The minimum atomic E-state index is 0.189. The molecule has 106 valence electrons. The molecule has 2 N–H and O–H groups in total. The van der Waals surface area contributed by atoms with Crippen LogP contribution < -0.4 is 10.2 Å². The molecule has 0 aromatic carbocycles. The van der Waals surface area contributed by atoms with Crippen molar-refractivity contribution in [1.29, 1.82) is 0 Å². The maximum atomic E-state index is 9.38. The number of aliphatic hydroxyl groups excluding tert-OH is 1. The van der Waals surface area contributed by atoms with Crippen molar-refractivity contribution in [1.82, 2.24) is 9.97 Å². The fourth-order valence-electron chi connectivity index (χ4n) is 2.28. The summed E-state index contributed by atoms with van der Waals surface area (Å²) in [6.45, 7) is 8.57. The minimum absolute atomic E-state index is 0.189. The Morgan fingerprint density at radius 2 is 2.21 bits per heavy atom. The van der Waals surface area contributed by atoms with Crippen LogP contribution in [0.5, 0.6) is 0 Å². The van der Waals surface area contributed by atoms with E-state index >= 15 is 0 Å². The zero-order valence-electron chi connectivity index (χ0n) is 12.1. The standard InChI is InChI=1S/C14H24N4O/c1-14(2,3)9-15-12-7-13(17-10-16-12)18-6-4-5-11(18)8-19/h7,10-11,19H,4-6,8-9H2,1-3H3,(H,15,16,17). The lowest BCUT2D eigenvalue weighted by Crippen LogP contribution is -2.32. The van der Waals surface area contributed by atoms with Crippen molar-refractivity contribution in [2.45, 2.75) is 39.7 Å². The predicted molar refractivity (Wildman–Crippen MR) is 77.4 cm³/mol. The monoisotopic (exact) mass is 264 g/mol. The van der Waals surface area contributed by atoms with Gasteiger partial charge in [-0.3, -0.25) is 0 Å². The molecule has 0 spiro atoms. The number of aliphatic hydroxyl groups is 1. The number of hydrogen-bond acceptors (Lipinski definition) is 5. The van der Waals surface area contributed by atoms with Gasteiger partial charge in [-0.05, 0) is 18.3 Å². The second-order valence-electron chi connectivity index (χ2n) is 6.35. The van der Waals surface area contributed by atoms with Gasteiger partial charge in [-0.15, -0.1) is 0 Å². The molecule has 1 aliphatic rings. The van der Waals surface area contributed by atoms with E-state index in [0.29, 0.717) is 0 Å². The molecule has 1 aliphatic heterocycles. The van der Waals surface area contributed by atoms with Crippen LogP contribution in [0, 0.1) is 5.41 Å². The molecule has 0 aliphatic carbocycles. The first-order valence-corrected chi connectivity index (χ1v) is 6.93. The van der Waals surface area contributed by atoms with Crippen molar-refractivity contribution in [3.8, 4) is 0 Å². The summed E-state index contributed by atoms with van der Waals surface area (Å²) in [5.41, 5.74) is 0.215. The van der Waals surface area contributed by atoms with E-state index < -0.39 is 0 Å². The quantitative estimate of drug-likeness (QED) is 0.869. The summed E-state index contributed by atoms with van der Waals surface area (Å²) in [4.78, 5) is 10.8. The molecule has 1 atom stereocenters. The zero-order chi connectivity index (χ0) is 13.9. The Labute approximate surface area is 115 Å². The average Bonchev–Trinajstić information content (AvgIpc) is 2.84. The lowest BCUT2D eigenvalue weighted by Gasteiger charge is -2.24. The van der Waals surface area contributed by atoms with Gasteiger partial charge >= 0.3 is 0 Å². The van der Waals surface area contributed by atoms with E-state index in [-0.39, 0.29) is 18.1 Å². The van der Waals surface area contributed by atoms with Crippen molar-refractivity contribution < 1.29 is 5.11 Å². The highest BCUT2D eigenvalue weighted by molar-refractivity contribution is 5.49. The number of nitrogens with one attached hydrogen (secondary N) is 1. The van der Waals surface area contributed by atoms with Gasteiger partial charge < -0.3 is 15.3 Å².